The van der Waals surface area contributed by atoms with Gasteiger partial charge in [0.05, 0.1) is 12.3 Å². The van der Waals surface area contributed by atoms with Gasteiger partial charge >= 0.3 is 0 Å². The van der Waals surface area contributed by atoms with E-state index in [0.29, 0.717) is 18.8 Å². The van der Waals surface area contributed by atoms with Gasteiger partial charge in [0.15, 0.2) is 0 Å². The van der Waals surface area contributed by atoms with E-state index in [1.807, 2.05) is 30.9 Å². The standard InChI is InChI=1S/C13H21FN2O/c1-3-16(4-2)13-6-5-11(9-12(13)14)10-15-7-8-17/h5-6,9,15,17H,3-4,7-8,10H2,1-2H3. The van der Waals surface area contributed by atoms with E-state index in [2.05, 4.69) is 5.32 Å². The lowest BCUT2D eigenvalue weighted by atomic mass is 10.2. The van der Waals surface area contributed by atoms with E-state index in [1.165, 1.54) is 0 Å². The number of anilines is 1. The van der Waals surface area contributed by atoms with E-state index >= 15 is 0 Å². The van der Waals surface area contributed by atoms with Crippen molar-refractivity contribution in [3.05, 3.63) is 29.6 Å². The fraction of sp³-hybridized carbons (Fsp3) is 0.538. The summed E-state index contributed by atoms with van der Waals surface area (Å²) in [6.45, 7) is 6.83. The molecule has 0 heterocycles. The first-order valence-corrected chi connectivity index (χ1v) is 6.07. The van der Waals surface area contributed by atoms with Gasteiger partial charge in [-0.1, -0.05) is 6.07 Å². The third kappa shape index (κ3) is 3.98. The molecule has 0 aliphatic carbocycles. The van der Waals surface area contributed by atoms with E-state index in [9.17, 15) is 4.39 Å². The number of hydrogen-bond acceptors (Lipinski definition) is 3. The largest absolute Gasteiger partial charge is 0.395 e. The molecule has 3 nitrogen and oxygen atoms in total. The van der Waals surface area contributed by atoms with Gasteiger partial charge in [0, 0.05) is 26.2 Å². The van der Waals surface area contributed by atoms with Crippen LogP contribution in [0.4, 0.5) is 10.1 Å². The maximum absolute atomic E-state index is 13.9. The Labute approximate surface area is 102 Å². The second-order valence-electron chi connectivity index (χ2n) is 3.86. The van der Waals surface area contributed by atoms with Crippen LogP contribution >= 0.6 is 0 Å². The SMILES string of the molecule is CCN(CC)c1ccc(CNCCO)cc1F. The molecule has 0 bridgehead atoms. The van der Waals surface area contributed by atoms with Crippen molar-refractivity contribution in [1.82, 2.24) is 5.32 Å². The first-order valence-electron chi connectivity index (χ1n) is 6.07. The topological polar surface area (TPSA) is 35.5 Å². The minimum absolute atomic E-state index is 0.0972. The normalized spacial score (nSPS) is 10.6. The Morgan fingerprint density at radius 1 is 1.29 bits per heavy atom. The molecule has 0 saturated carbocycles. The number of halogens is 1. The molecule has 1 aromatic carbocycles. The molecular formula is C13H21FN2O. The van der Waals surface area contributed by atoms with Crippen molar-refractivity contribution in [2.75, 3.05) is 31.1 Å². The van der Waals surface area contributed by atoms with E-state index in [0.717, 1.165) is 18.7 Å². The second-order valence-corrected chi connectivity index (χ2v) is 3.86. The van der Waals surface area contributed by atoms with Crippen LogP contribution in [-0.4, -0.2) is 31.3 Å². The molecule has 0 saturated heterocycles. The van der Waals surface area contributed by atoms with Crippen molar-refractivity contribution in [1.29, 1.82) is 0 Å². The van der Waals surface area contributed by atoms with Crippen molar-refractivity contribution in [3.8, 4) is 0 Å². The number of aliphatic hydroxyl groups is 1. The van der Waals surface area contributed by atoms with Gasteiger partial charge in [-0.05, 0) is 31.5 Å². The Balaban J connectivity index is 2.71. The highest BCUT2D eigenvalue weighted by atomic mass is 19.1. The smallest absolute Gasteiger partial charge is 0.146 e. The van der Waals surface area contributed by atoms with Crippen LogP contribution in [0.3, 0.4) is 0 Å². The number of hydrogen-bond donors (Lipinski definition) is 2. The van der Waals surface area contributed by atoms with Crippen LogP contribution in [0.2, 0.25) is 0 Å². The Hall–Kier alpha value is -1.13. The van der Waals surface area contributed by atoms with Crippen molar-refractivity contribution in [2.45, 2.75) is 20.4 Å². The van der Waals surface area contributed by atoms with E-state index in [4.69, 9.17) is 5.11 Å². The molecule has 0 aromatic heterocycles. The van der Waals surface area contributed by atoms with Crippen LogP contribution in [-0.2, 0) is 6.54 Å². The summed E-state index contributed by atoms with van der Waals surface area (Å²) in [5, 5.41) is 11.7. The highest BCUT2D eigenvalue weighted by Gasteiger charge is 2.08. The summed E-state index contributed by atoms with van der Waals surface area (Å²) < 4.78 is 13.9. The number of benzene rings is 1. The molecule has 0 atom stereocenters. The number of rotatable bonds is 7. The van der Waals surface area contributed by atoms with Crippen molar-refractivity contribution >= 4 is 5.69 Å². The van der Waals surface area contributed by atoms with Crippen molar-refractivity contribution in [2.24, 2.45) is 0 Å². The third-order valence-corrected chi connectivity index (χ3v) is 2.73. The van der Waals surface area contributed by atoms with Crippen LogP contribution < -0.4 is 10.2 Å². The van der Waals surface area contributed by atoms with Crippen molar-refractivity contribution < 1.29 is 9.50 Å². The predicted octanol–water partition coefficient (Wildman–Crippen LogP) is 1.75. The predicted molar refractivity (Wildman–Crippen MR) is 68.8 cm³/mol. The van der Waals surface area contributed by atoms with Gasteiger partial charge in [0.1, 0.15) is 5.82 Å². The first-order chi connectivity index (χ1) is 8.22. The highest BCUT2D eigenvalue weighted by Crippen LogP contribution is 2.20. The minimum Gasteiger partial charge on any atom is -0.395 e. The summed E-state index contributed by atoms with van der Waals surface area (Å²) >= 11 is 0. The Kier molecular flexibility index (Phi) is 5.94. The molecule has 1 rings (SSSR count). The zero-order valence-electron chi connectivity index (χ0n) is 10.5. The second kappa shape index (κ2) is 7.25. The molecule has 0 spiro atoms. The number of nitrogens with zero attached hydrogens (tertiary/aromatic N) is 1. The molecule has 0 radical (unpaired) electrons. The van der Waals surface area contributed by atoms with E-state index < -0.39 is 0 Å². The zero-order valence-corrected chi connectivity index (χ0v) is 10.5. The molecule has 0 aliphatic heterocycles. The molecule has 0 amide bonds. The zero-order chi connectivity index (χ0) is 12.7. The van der Waals surface area contributed by atoms with Gasteiger partial charge in [0.25, 0.3) is 0 Å². The molecule has 0 unspecified atom stereocenters. The Morgan fingerprint density at radius 3 is 2.53 bits per heavy atom. The summed E-state index contributed by atoms with van der Waals surface area (Å²) in [5.41, 5.74) is 1.55. The summed E-state index contributed by atoms with van der Waals surface area (Å²) in [5.74, 6) is -0.183. The molecule has 0 aliphatic rings. The van der Waals surface area contributed by atoms with Gasteiger partial charge < -0.3 is 15.3 Å². The van der Waals surface area contributed by atoms with Crippen LogP contribution in [0.25, 0.3) is 0 Å². The maximum Gasteiger partial charge on any atom is 0.146 e. The monoisotopic (exact) mass is 240 g/mol. The maximum atomic E-state index is 13.9. The van der Waals surface area contributed by atoms with Crippen LogP contribution in [0.1, 0.15) is 19.4 Å². The summed E-state index contributed by atoms with van der Waals surface area (Å²) in [6, 6.07) is 5.29. The number of aliphatic hydroxyl groups excluding tert-OH is 1. The first kappa shape index (κ1) is 13.9. The molecule has 4 heteroatoms. The number of nitrogens with one attached hydrogen (secondary N) is 1. The van der Waals surface area contributed by atoms with Gasteiger partial charge in [-0.25, -0.2) is 4.39 Å². The van der Waals surface area contributed by atoms with Gasteiger partial charge in [-0.2, -0.15) is 0 Å². The van der Waals surface area contributed by atoms with E-state index in [-0.39, 0.29) is 12.4 Å². The molecular weight excluding hydrogens is 219 g/mol. The summed E-state index contributed by atoms with van der Waals surface area (Å²) in [7, 11) is 0. The Bertz CT molecular complexity index is 340. The Morgan fingerprint density at radius 2 is 2.00 bits per heavy atom. The summed E-state index contributed by atoms with van der Waals surface area (Å²) in [6.07, 6.45) is 0. The van der Waals surface area contributed by atoms with Crippen LogP contribution in [0, 0.1) is 5.82 Å². The van der Waals surface area contributed by atoms with Gasteiger partial charge in [-0.3, -0.25) is 0 Å². The highest BCUT2D eigenvalue weighted by molar-refractivity contribution is 5.49. The third-order valence-electron chi connectivity index (χ3n) is 2.73. The van der Waals surface area contributed by atoms with Crippen LogP contribution in [0.5, 0.6) is 0 Å². The molecule has 0 fully saturated rings. The average molecular weight is 240 g/mol. The lowest BCUT2D eigenvalue weighted by Crippen LogP contribution is -2.23. The van der Waals surface area contributed by atoms with E-state index in [1.54, 1.807) is 6.07 Å². The molecule has 96 valence electrons. The lowest BCUT2D eigenvalue weighted by molar-refractivity contribution is 0.292. The fourth-order valence-electron chi connectivity index (χ4n) is 1.79. The van der Waals surface area contributed by atoms with Gasteiger partial charge in [-0.15, -0.1) is 0 Å². The molecule has 2 N–H and O–H groups in total. The molecule has 17 heavy (non-hydrogen) atoms. The quantitative estimate of drug-likeness (QED) is 0.713. The summed E-state index contributed by atoms with van der Waals surface area (Å²) in [4.78, 5) is 1.99. The fourth-order valence-corrected chi connectivity index (χ4v) is 1.79. The average Bonchev–Trinajstić information content (AvgIpc) is 2.33. The van der Waals surface area contributed by atoms with Crippen LogP contribution in [0.15, 0.2) is 18.2 Å². The van der Waals surface area contributed by atoms with Crippen molar-refractivity contribution in [3.63, 3.8) is 0 Å². The minimum atomic E-state index is -0.183. The molecule has 1 aromatic rings. The van der Waals surface area contributed by atoms with Gasteiger partial charge in [0.2, 0.25) is 0 Å². The lowest BCUT2D eigenvalue weighted by Gasteiger charge is -2.21.